The molecular weight excluding hydrogens is 182 g/mol. The first-order chi connectivity index (χ1) is 7.36. The van der Waals surface area contributed by atoms with E-state index in [9.17, 15) is 0 Å². The van der Waals surface area contributed by atoms with E-state index in [1.54, 1.807) is 0 Å². The van der Waals surface area contributed by atoms with Crippen molar-refractivity contribution in [2.45, 2.75) is 25.3 Å². The number of hydrogen-bond donors (Lipinski definition) is 1. The summed E-state index contributed by atoms with van der Waals surface area (Å²) in [6, 6.07) is 13.2. The average Bonchev–Trinajstić information content (AvgIpc) is 2.29. The van der Waals surface area contributed by atoms with Gasteiger partial charge in [0.05, 0.1) is 0 Å². The van der Waals surface area contributed by atoms with Crippen LogP contribution in [-0.4, -0.2) is 0 Å². The zero-order valence-corrected chi connectivity index (χ0v) is 8.74. The molecule has 0 aliphatic heterocycles. The highest BCUT2D eigenvalue weighted by Gasteiger charge is 2.18. The fraction of sp³-hybridized carbons (Fsp3) is 0.286. The molecule has 1 heteroatoms. The lowest BCUT2D eigenvalue weighted by Crippen LogP contribution is -2.17. The van der Waals surface area contributed by atoms with Crippen molar-refractivity contribution in [3.05, 3.63) is 47.5 Å². The number of rotatable bonds is 0. The van der Waals surface area contributed by atoms with Gasteiger partial charge in [-0.3, -0.25) is 0 Å². The van der Waals surface area contributed by atoms with Crippen molar-refractivity contribution < 1.29 is 0 Å². The Bertz CT molecular complexity index is 502. The summed E-state index contributed by atoms with van der Waals surface area (Å²) in [4.78, 5) is 0. The highest BCUT2D eigenvalue weighted by atomic mass is 14.6. The third-order valence-corrected chi connectivity index (χ3v) is 3.39. The van der Waals surface area contributed by atoms with Crippen LogP contribution >= 0.6 is 0 Å². The molecule has 0 bridgehead atoms. The van der Waals surface area contributed by atoms with Gasteiger partial charge in [0.15, 0.2) is 0 Å². The van der Waals surface area contributed by atoms with Crippen LogP contribution in [0.4, 0.5) is 0 Å². The van der Waals surface area contributed by atoms with Crippen LogP contribution in [0.25, 0.3) is 10.8 Å². The van der Waals surface area contributed by atoms with E-state index in [-0.39, 0.29) is 6.04 Å². The largest absolute Gasteiger partial charge is 0.324 e. The van der Waals surface area contributed by atoms with Gasteiger partial charge in [0.1, 0.15) is 0 Å². The second kappa shape index (κ2) is 3.35. The van der Waals surface area contributed by atoms with Gasteiger partial charge < -0.3 is 5.73 Å². The maximum Gasteiger partial charge on any atom is 0.0303 e. The lowest BCUT2D eigenvalue weighted by atomic mass is 9.85. The summed E-state index contributed by atoms with van der Waals surface area (Å²) in [5.74, 6) is 0. The molecule has 2 aromatic carbocycles. The molecule has 0 saturated heterocycles. The van der Waals surface area contributed by atoms with Crippen molar-refractivity contribution in [2.75, 3.05) is 0 Å². The summed E-state index contributed by atoms with van der Waals surface area (Å²) in [6.45, 7) is 0. The molecule has 0 radical (unpaired) electrons. The van der Waals surface area contributed by atoms with Crippen molar-refractivity contribution in [3.8, 4) is 0 Å². The van der Waals surface area contributed by atoms with Crippen molar-refractivity contribution >= 4 is 10.8 Å². The highest BCUT2D eigenvalue weighted by molar-refractivity contribution is 5.87. The molecule has 1 aliphatic carbocycles. The van der Waals surface area contributed by atoms with Gasteiger partial charge in [-0.1, -0.05) is 36.4 Å². The molecule has 2 N–H and O–H groups in total. The molecule has 2 aromatic rings. The van der Waals surface area contributed by atoms with Crippen molar-refractivity contribution in [1.29, 1.82) is 0 Å². The van der Waals surface area contributed by atoms with Gasteiger partial charge >= 0.3 is 0 Å². The third-order valence-electron chi connectivity index (χ3n) is 3.39. The Hall–Kier alpha value is -1.34. The molecule has 1 atom stereocenters. The standard InChI is InChI=1S/C14H15N/c15-13-7-3-5-11-9-8-10-4-1-2-6-12(10)14(11)13/h1-2,4,6,8-9,13H,3,5,7,15H2/t13-/m1/s1. The zero-order valence-electron chi connectivity index (χ0n) is 8.74. The molecule has 0 unspecified atom stereocenters. The molecule has 3 rings (SSSR count). The maximum atomic E-state index is 6.21. The molecule has 1 nitrogen and oxygen atoms in total. The molecule has 0 amide bonds. The molecule has 0 saturated carbocycles. The average molecular weight is 197 g/mol. The number of nitrogens with two attached hydrogens (primary N) is 1. The maximum absolute atomic E-state index is 6.21. The minimum absolute atomic E-state index is 0.236. The van der Waals surface area contributed by atoms with E-state index in [1.807, 2.05) is 0 Å². The fourth-order valence-electron chi connectivity index (χ4n) is 2.65. The summed E-state index contributed by atoms with van der Waals surface area (Å²) < 4.78 is 0. The van der Waals surface area contributed by atoms with Gasteiger partial charge in [0.2, 0.25) is 0 Å². The molecular formula is C14H15N. The van der Waals surface area contributed by atoms with Crippen molar-refractivity contribution in [2.24, 2.45) is 5.73 Å². The Kier molecular flexibility index (Phi) is 2.00. The first kappa shape index (κ1) is 8.93. The summed E-state index contributed by atoms with van der Waals surface area (Å²) in [6.07, 6.45) is 3.54. The molecule has 0 fully saturated rings. The van der Waals surface area contributed by atoms with Crippen LogP contribution in [0.3, 0.4) is 0 Å². The molecule has 1 aliphatic rings. The Labute approximate surface area is 89.9 Å². The van der Waals surface area contributed by atoms with Gasteiger partial charge in [-0.2, -0.15) is 0 Å². The van der Waals surface area contributed by atoms with Crippen molar-refractivity contribution in [1.82, 2.24) is 0 Å². The predicted octanol–water partition coefficient (Wildman–Crippen LogP) is 3.18. The van der Waals surface area contributed by atoms with Crippen LogP contribution in [0.1, 0.15) is 30.0 Å². The quantitative estimate of drug-likeness (QED) is 0.689. The lowest BCUT2D eigenvalue weighted by molar-refractivity contribution is 0.575. The van der Waals surface area contributed by atoms with E-state index in [4.69, 9.17) is 5.73 Å². The van der Waals surface area contributed by atoms with E-state index in [0.29, 0.717) is 0 Å². The highest BCUT2D eigenvalue weighted by Crippen LogP contribution is 2.33. The normalized spacial score (nSPS) is 20.2. The molecule has 0 heterocycles. The van der Waals surface area contributed by atoms with Gasteiger partial charge in [-0.05, 0) is 41.2 Å². The van der Waals surface area contributed by atoms with E-state index in [2.05, 4.69) is 36.4 Å². The van der Waals surface area contributed by atoms with Gasteiger partial charge in [0.25, 0.3) is 0 Å². The van der Waals surface area contributed by atoms with Gasteiger partial charge in [0, 0.05) is 6.04 Å². The first-order valence-electron chi connectivity index (χ1n) is 5.62. The minimum Gasteiger partial charge on any atom is -0.324 e. The second-order valence-electron chi connectivity index (χ2n) is 4.36. The van der Waals surface area contributed by atoms with Gasteiger partial charge in [-0.25, -0.2) is 0 Å². The molecule has 0 aromatic heterocycles. The van der Waals surface area contributed by atoms with E-state index in [1.165, 1.54) is 34.7 Å². The van der Waals surface area contributed by atoms with E-state index >= 15 is 0 Å². The summed E-state index contributed by atoms with van der Waals surface area (Å²) in [7, 11) is 0. The Morgan fingerprint density at radius 2 is 1.93 bits per heavy atom. The number of fused-ring (bicyclic) bond motifs is 3. The molecule has 15 heavy (non-hydrogen) atoms. The Morgan fingerprint density at radius 1 is 1.07 bits per heavy atom. The lowest BCUT2D eigenvalue weighted by Gasteiger charge is -2.23. The van der Waals surface area contributed by atoms with Crippen molar-refractivity contribution in [3.63, 3.8) is 0 Å². The van der Waals surface area contributed by atoms with Gasteiger partial charge in [-0.15, -0.1) is 0 Å². The van der Waals surface area contributed by atoms with Crippen LogP contribution in [-0.2, 0) is 6.42 Å². The van der Waals surface area contributed by atoms with E-state index in [0.717, 1.165) is 6.42 Å². The summed E-state index contributed by atoms with van der Waals surface area (Å²) in [5, 5.41) is 2.66. The minimum atomic E-state index is 0.236. The summed E-state index contributed by atoms with van der Waals surface area (Å²) in [5.41, 5.74) is 9.05. The van der Waals surface area contributed by atoms with Crippen LogP contribution in [0.5, 0.6) is 0 Å². The number of benzene rings is 2. The molecule has 76 valence electrons. The monoisotopic (exact) mass is 197 g/mol. The number of aryl methyl sites for hydroxylation is 1. The fourth-order valence-corrected chi connectivity index (χ4v) is 2.65. The van der Waals surface area contributed by atoms with Crippen LogP contribution < -0.4 is 5.73 Å². The first-order valence-corrected chi connectivity index (χ1v) is 5.62. The topological polar surface area (TPSA) is 26.0 Å². The predicted molar refractivity (Wildman–Crippen MR) is 63.8 cm³/mol. The SMILES string of the molecule is N[C@@H]1CCCc2ccc3ccccc3c21. The summed E-state index contributed by atoms with van der Waals surface area (Å²) >= 11 is 0. The third kappa shape index (κ3) is 1.35. The van der Waals surface area contributed by atoms with Crippen LogP contribution in [0.2, 0.25) is 0 Å². The second-order valence-corrected chi connectivity index (χ2v) is 4.36. The Balaban J connectivity index is 2.35. The Morgan fingerprint density at radius 3 is 2.87 bits per heavy atom. The zero-order chi connectivity index (χ0) is 10.3. The smallest absolute Gasteiger partial charge is 0.0303 e. The molecule has 0 spiro atoms. The van der Waals surface area contributed by atoms with E-state index < -0.39 is 0 Å². The van der Waals surface area contributed by atoms with Crippen LogP contribution in [0.15, 0.2) is 36.4 Å². The number of hydrogen-bond acceptors (Lipinski definition) is 1. The van der Waals surface area contributed by atoms with Crippen LogP contribution in [0, 0.1) is 0 Å².